The van der Waals surface area contributed by atoms with Crippen molar-refractivity contribution in [2.75, 3.05) is 13.1 Å². The lowest BCUT2D eigenvalue weighted by Gasteiger charge is -2.39. The lowest BCUT2D eigenvalue weighted by Crippen LogP contribution is -2.55. The first-order valence-corrected chi connectivity index (χ1v) is 7.84. The molecule has 3 N–H and O–H groups in total. The second-order valence-corrected chi connectivity index (χ2v) is 7.16. The Morgan fingerprint density at radius 3 is 2.65 bits per heavy atom. The van der Waals surface area contributed by atoms with E-state index in [9.17, 15) is 4.79 Å². The molecule has 5 heteroatoms. The first kappa shape index (κ1) is 15.6. The minimum Gasteiger partial charge on any atom is -0.444 e. The van der Waals surface area contributed by atoms with Gasteiger partial charge in [0.1, 0.15) is 5.60 Å². The summed E-state index contributed by atoms with van der Waals surface area (Å²) in [6, 6.07) is 1.16. The third-order valence-corrected chi connectivity index (χ3v) is 4.07. The van der Waals surface area contributed by atoms with Crippen LogP contribution in [0.4, 0.5) is 4.79 Å². The molecule has 2 fully saturated rings. The smallest absolute Gasteiger partial charge is 0.410 e. The third kappa shape index (κ3) is 4.35. The summed E-state index contributed by atoms with van der Waals surface area (Å²) in [5.74, 6) is 0. The molecule has 1 saturated carbocycles. The van der Waals surface area contributed by atoms with Gasteiger partial charge in [-0.2, -0.15) is 0 Å². The topological polar surface area (TPSA) is 67.6 Å². The van der Waals surface area contributed by atoms with E-state index < -0.39 is 5.60 Å². The number of carbonyl (C=O) groups is 1. The molecule has 2 rings (SSSR count). The molecular weight excluding hydrogens is 254 g/mol. The Morgan fingerprint density at radius 1 is 1.35 bits per heavy atom. The first-order chi connectivity index (χ1) is 9.35. The zero-order valence-electron chi connectivity index (χ0n) is 13.0. The van der Waals surface area contributed by atoms with E-state index in [1.165, 1.54) is 6.42 Å². The number of piperidine rings is 1. The average molecular weight is 283 g/mol. The fourth-order valence-corrected chi connectivity index (χ4v) is 2.90. The van der Waals surface area contributed by atoms with Crippen LogP contribution in [0.3, 0.4) is 0 Å². The van der Waals surface area contributed by atoms with Crippen molar-refractivity contribution < 1.29 is 9.53 Å². The lowest BCUT2D eigenvalue weighted by molar-refractivity contribution is 0.00924. The second kappa shape index (κ2) is 6.31. The molecule has 1 aliphatic heterocycles. The monoisotopic (exact) mass is 283 g/mol. The van der Waals surface area contributed by atoms with E-state index >= 15 is 0 Å². The van der Waals surface area contributed by atoms with E-state index in [2.05, 4.69) is 5.32 Å². The van der Waals surface area contributed by atoms with Gasteiger partial charge in [-0.1, -0.05) is 0 Å². The van der Waals surface area contributed by atoms with Crippen LogP contribution in [-0.4, -0.2) is 47.8 Å². The summed E-state index contributed by atoms with van der Waals surface area (Å²) >= 11 is 0. The largest absolute Gasteiger partial charge is 0.444 e. The van der Waals surface area contributed by atoms with Crippen LogP contribution in [0.5, 0.6) is 0 Å². The number of nitrogens with zero attached hydrogens (tertiary/aromatic N) is 1. The molecule has 0 aromatic rings. The van der Waals surface area contributed by atoms with Crippen molar-refractivity contribution in [2.45, 2.75) is 76.6 Å². The van der Waals surface area contributed by atoms with Crippen molar-refractivity contribution in [3.63, 3.8) is 0 Å². The summed E-state index contributed by atoms with van der Waals surface area (Å²) in [4.78, 5) is 14.2. The molecule has 1 atom stereocenters. The van der Waals surface area contributed by atoms with Crippen LogP contribution in [0.15, 0.2) is 0 Å². The molecule has 2 aliphatic rings. The third-order valence-electron chi connectivity index (χ3n) is 4.07. The number of nitrogens with two attached hydrogens (primary N) is 1. The standard InChI is InChI=1S/C15H29N3O2/c1-15(2,3)20-14(19)18-7-5-4-6-13(18)10-17-12-8-11(16)9-12/h11-13,17H,4-10,16H2,1-3H3. The first-order valence-electron chi connectivity index (χ1n) is 7.84. The molecule has 1 amide bonds. The number of amides is 1. The van der Waals surface area contributed by atoms with E-state index in [0.29, 0.717) is 12.1 Å². The van der Waals surface area contributed by atoms with E-state index in [-0.39, 0.29) is 12.1 Å². The Morgan fingerprint density at radius 2 is 2.05 bits per heavy atom. The fraction of sp³-hybridized carbons (Fsp3) is 0.933. The van der Waals surface area contributed by atoms with Crippen molar-refractivity contribution in [1.82, 2.24) is 10.2 Å². The van der Waals surface area contributed by atoms with Gasteiger partial charge in [-0.25, -0.2) is 4.79 Å². The highest BCUT2D eigenvalue weighted by Crippen LogP contribution is 2.22. The SMILES string of the molecule is CC(C)(C)OC(=O)N1CCCCC1CNC1CC(N)C1. The van der Waals surface area contributed by atoms with Crippen LogP contribution in [-0.2, 0) is 4.74 Å². The van der Waals surface area contributed by atoms with Gasteiger partial charge in [0.15, 0.2) is 0 Å². The summed E-state index contributed by atoms with van der Waals surface area (Å²) in [5, 5.41) is 3.54. The van der Waals surface area contributed by atoms with Gasteiger partial charge in [0.05, 0.1) is 0 Å². The Hall–Kier alpha value is -0.810. The van der Waals surface area contributed by atoms with Crippen molar-refractivity contribution >= 4 is 6.09 Å². The van der Waals surface area contributed by atoms with Gasteiger partial charge in [0, 0.05) is 31.2 Å². The summed E-state index contributed by atoms with van der Waals surface area (Å²) in [6.45, 7) is 7.41. The summed E-state index contributed by atoms with van der Waals surface area (Å²) in [5.41, 5.74) is 5.37. The van der Waals surface area contributed by atoms with Gasteiger partial charge in [0.2, 0.25) is 0 Å². The van der Waals surface area contributed by atoms with E-state index in [1.54, 1.807) is 0 Å². The summed E-state index contributed by atoms with van der Waals surface area (Å²) in [7, 11) is 0. The van der Waals surface area contributed by atoms with Crippen LogP contribution in [0.25, 0.3) is 0 Å². The Balaban J connectivity index is 1.83. The number of carbonyl (C=O) groups excluding carboxylic acids is 1. The second-order valence-electron chi connectivity index (χ2n) is 7.16. The quantitative estimate of drug-likeness (QED) is 0.829. The van der Waals surface area contributed by atoms with Crippen molar-refractivity contribution in [2.24, 2.45) is 5.73 Å². The van der Waals surface area contributed by atoms with E-state index in [4.69, 9.17) is 10.5 Å². The molecule has 0 aromatic heterocycles. The highest BCUT2D eigenvalue weighted by atomic mass is 16.6. The maximum absolute atomic E-state index is 12.3. The average Bonchev–Trinajstić information content (AvgIpc) is 2.31. The minimum absolute atomic E-state index is 0.172. The number of hydrogen-bond acceptors (Lipinski definition) is 4. The predicted octanol–water partition coefficient (Wildman–Crippen LogP) is 1.86. The Kier molecular flexibility index (Phi) is 4.91. The normalized spacial score (nSPS) is 30.8. The van der Waals surface area contributed by atoms with Crippen LogP contribution in [0.1, 0.15) is 52.9 Å². The van der Waals surface area contributed by atoms with Gasteiger partial charge < -0.3 is 20.7 Å². The molecule has 0 radical (unpaired) electrons. The molecule has 1 aliphatic carbocycles. The van der Waals surface area contributed by atoms with Crippen molar-refractivity contribution in [3.8, 4) is 0 Å². The van der Waals surface area contributed by atoms with Gasteiger partial charge in [-0.3, -0.25) is 0 Å². The van der Waals surface area contributed by atoms with E-state index in [0.717, 1.165) is 38.8 Å². The molecule has 0 aromatic carbocycles. The van der Waals surface area contributed by atoms with Crippen molar-refractivity contribution in [3.05, 3.63) is 0 Å². The molecule has 0 bridgehead atoms. The molecule has 20 heavy (non-hydrogen) atoms. The number of likely N-dealkylation sites (tertiary alicyclic amines) is 1. The fourth-order valence-electron chi connectivity index (χ4n) is 2.90. The van der Waals surface area contributed by atoms with Crippen molar-refractivity contribution in [1.29, 1.82) is 0 Å². The molecule has 1 saturated heterocycles. The summed E-state index contributed by atoms with van der Waals surface area (Å²) in [6.07, 6.45) is 5.26. The zero-order chi connectivity index (χ0) is 14.8. The number of rotatable bonds is 3. The molecule has 1 heterocycles. The zero-order valence-corrected chi connectivity index (χ0v) is 13.0. The lowest BCUT2D eigenvalue weighted by atomic mass is 9.87. The van der Waals surface area contributed by atoms with Crippen LogP contribution >= 0.6 is 0 Å². The summed E-state index contributed by atoms with van der Waals surface area (Å²) < 4.78 is 5.51. The molecular formula is C15H29N3O2. The van der Waals surface area contributed by atoms with Gasteiger partial charge in [-0.05, 0) is 52.9 Å². The van der Waals surface area contributed by atoms with Crippen LogP contribution < -0.4 is 11.1 Å². The predicted molar refractivity (Wildman–Crippen MR) is 79.6 cm³/mol. The maximum atomic E-state index is 12.3. The molecule has 0 spiro atoms. The Bertz CT molecular complexity index is 335. The number of hydrogen-bond donors (Lipinski definition) is 2. The van der Waals surface area contributed by atoms with E-state index in [1.807, 2.05) is 25.7 Å². The highest BCUT2D eigenvalue weighted by molar-refractivity contribution is 5.68. The number of nitrogens with one attached hydrogen (secondary N) is 1. The van der Waals surface area contributed by atoms with Crippen LogP contribution in [0.2, 0.25) is 0 Å². The van der Waals surface area contributed by atoms with Gasteiger partial charge >= 0.3 is 6.09 Å². The molecule has 116 valence electrons. The van der Waals surface area contributed by atoms with Gasteiger partial charge in [-0.15, -0.1) is 0 Å². The molecule has 1 unspecified atom stereocenters. The van der Waals surface area contributed by atoms with Crippen LogP contribution in [0, 0.1) is 0 Å². The minimum atomic E-state index is -0.423. The molecule has 5 nitrogen and oxygen atoms in total. The Labute approximate surface area is 122 Å². The number of ether oxygens (including phenoxy) is 1. The highest BCUT2D eigenvalue weighted by Gasteiger charge is 2.32. The van der Waals surface area contributed by atoms with Gasteiger partial charge in [0.25, 0.3) is 0 Å². The maximum Gasteiger partial charge on any atom is 0.410 e.